The fourth-order valence-electron chi connectivity index (χ4n) is 2.32. The van der Waals surface area contributed by atoms with Crippen molar-refractivity contribution in [2.75, 3.05) is 6.26 Å². The Morgan fingerprint density at radius 1 is 1.12 bits per heavy atom. The summed E-state index contributed by atoms with van der Waals surface area (Å²) in [5.74, 6) is 0. The lowest BCUT2D eigenvalue weighted by Crippen LogP contribution is -2.33. The van der Waals surface area contributed by atoms with Crippen LogP contribution < -0.4 is 5.32 Å². The van der Waals surface area contributed by atoms with Gasteiger partial charge in [0.15, 0.2) is 15.2 Å². The molecule has 2 N–H and O–H groups in total. The van der Waals surface area contributed by atoms with Gasteiger partial charge in [0.05, 0.1) is 21.4 Å². The predicted octanol–water partition coefficient (Wildman–Crippen LogP) is 1.70. The third kappa shape index (κ3) is 4.01. The molecule has 26 heavy (non-hydrogen) atoms. The van der Waals surface area contributed by atoms with Gasteiger partial charge in [0.25, 0.3) is 0 Å². The van der Waals surface area contributed by atoms with Gasteiger partial charge in [0.1, 0.15) is 0 Å². The van der Waals surface area contributed by atoms with E-state index in [2.05, 4.69) is 0 Å². The van der Waals surface area contributed by atoms with Crippen molar-refractivity contribution in [1.82, 2.24) is 5.32 Å². The lowest BCUT2D eigenvalue weighted by molar-refractivity contribution is 0.193. The standard InChI is InChI=1S/C16H14N2O6S2/c1-25(21,22)14-9-11(10-17)7-8-13(14)15(18-16(19)20)26(23,24)12-5-3-2-4-6-12/h2-9,15,18H,1H3,(H,19,20). The van der Waals surface area contributed by atoms with Gasteiger partial charge in [-0.15, -0.1) is 0 Å². The molecule has 2 rings (SSSR count). The lowest BCUT2D eigenvalue weighted by atomic mass is 10.1. The normalized spacial score (nSPS) is 12.8. The molecule has 0 saturated carbocycles. The highest BCUT2D eigenvalue weighted by Gasteiger charge is 2.34. The number of rotatable bonds is 5. The number of carboxylic acid groups (broad SMARTS) is 1. The molecule has 1 amide bonds. The van der Waals surface area contributed by atoms with E-state index in [9.17, 15) is 21.6 Å². The van der Waals surface area contributed by atoms with Gasteiger partial charge in [0, 0.05) is 11.8 Å². The monoisotopic (exact) mass is 394 g/mol. The van der Waals surface area contributed by atoms with Crippen LogP contribution in [0.1, 0.15) is 16.5 Å². The summed E-state index contributed by atoms with van der Waals surface area (Å²) in [6, 6.07) is 12.2. The van der Waals surface area contributed by atoms with Crippen molar-refractivity contribution in [2.24, 2.45) is 0 Å². The van der Waals surface area contributed by atoms with Crippen LogP contribution in [0.5, 0.6) is 0 Å². The molecule has 0 aliphatic carbocycles. The lowest BCUT2D eigenvalue weighted by Gasteiger charge is -2.20. The molecular formula is C16H14N2O6S2. The van der Waals surface area contributed by atoms with E-state index in [0.717, 1.165) is 18.4 Å². The molecule has 2 aromatic carbocycles. The molecule has 0 radical (unpaired) electrons. The van der Waals surface area contributed by atoms with Crippen molar-refractivity contribution in [2.45, 2.75) is 15.2 Å². The molecule has 0 heterocycles. The van der Waals surface area contributed by atoms with Gasteiger partial charge >= 0.3 is 6.09 Å². The zero-order valence-electron chi connectivity index (χ0n) is 13.4. The minimum Gasteiger partial charge on any atom is -0.465 e. The van der Waals surface area contributed by atoms with Gasteiger partial charge in [-0.3, -0.25) is 0 Å². The second-order valence-electron chi connectivity index (χ2n) is 5.32. The van der Waals surface area contributed by atoms with Crippen LogP contribution in [-0.2, 0) is 19.7 Å². The Balaban J connectivity index is 2.78. The summed E-state index contributed by atoms with van der Waals surface area (Å²) in [5, 5.41) is 18.0. The minimum absolute atomic E-state index is 0.000332. The van der Waals surface area contributed by atoms with Gasteiger partial charge in [-0.05, 0) is 24.3 Å². The topological polar surface area (TPSA) is 141 Å². The number of hydrogen-bond donors (Lipinski definition) is 2. The van der Waals surface area contributed by atoms with E-state index in [1.807, 2.05) is 5.32 Å². The molecule has 0 aromatic heterocycles. The number of nitrogens with zero attached hydrogens (tertiary/aromatic N) is 1. The van der Waals surface area contributed by atoms with Gasteiger partial charge < -0.3 is 10.4 Å². The van der Waals surface area contributed by atoms with Crippen molar-refractivity contribution in [3.8, 4) is 6.07 Å². The molecule has 0 saturated heterocycles. The second-order valence-corrected chi connectivity index (χ2v) is 9.34. The molecule has 1 unspecified atom stereocenters. The average Bonchev–Trinajstić information content (AvgIpc) is 2.59. The summed E-state index contributed by atoms with van der Waals surface area (Å²) in [6.07, 6.45) is -0.793. The van der Waals surface area contributed by atoms with Crippen LogP contribution in [0, 0.1) is 11.3 Å². The quantitative estimate of drug-likeness (QED) is 0.786. The van der Waals surface area contributed by atoms with Crippen molar-refractivity contribution < 1.29 is 26.7 Å². The molecule has 0 spiro atoms. The summed E-state index contributed by atoms with van der Waals surface area (Å²) in [5.41, 5.74) is -0.280. The summed E-state index contributed by atoms with van der Waals surface area (Å²) < 4.78 is 50.0. The summed E-state index contributed by atoms with van der Waals surface area (Å²) >= 11 is 0. The molecule has 1 atom stereocenters. The van der Waals surface area contributed by atoms with Gasteiger partial charge in [-0.25, -0.2) is 21.6 Å². The maximum atomic E-state index is 12.9. The summed E-state index contributed by atoms with van der Waals surface area (Å²) in [6.45, 7) is 0. The van der Waals surface area contributed by atoms with E-state index in [4.69, 9.17) is 10.4 Å². The smallest absolute Gasteiger partial charge is 0.405 e. The van der Waals surface area contributed by atoms with E-state index in [-0.39, 0.29) is 16.0 Å². The molecule has 136 valence electrons. The first-order chi connectivity index (χ1) is 12.1. The Kier molecular flexibility index (Phi) is 5.34. The third-order valence-electron chi connectivity index (χ3n) is 3.46. The van der Waals surface area contributed by atoms with Crippen molar-refractivity contribution in [3.63, 3.8) is 0 Å². The maximum absolute atomic E-state index is 12.9. The fraction of sp³-hybridized carbons (Fsp3) is 0.125. The molecule has 8 nitrogen and oxygen atoms in total. The molecule has 0 fully saturated rings. The molecule has 10 heteroatoms. The van der Waals surface area contributed by atoms with Gasteiger partial charge in [-0.2, -0.15) is 5.26 Å². The van der Waals surface area contributed by atoms with Crippen LogP contribution in [0.3, 0.4) is 0 Å². The van der Waals surface area contributed by atoms with Gasteiger partial charge in [-0.1, -0.05) is 24.3 Å². The molecule has 2 aromatic rings. The van der Waals surface area contributed by atoms with Crippen LogP contribution in [0.4, 0.5) is 4.79 Å². The van der Waals surface area contributed by atoms with E-state index >= 15 is 0 Å². The van der Waals surface area contributed by atoms with E-state index in [1.54, 1.807) is 12.1 Å². The van der Waals surface area contributed by atoms with Crippen molar-refractivity contribution >= 4 is 25.8 Å². The zero-order chi connectivity index (χ0) is 19.5. The highest BCUT2D eigenvalue weighted by atomic mass is 32.2. The first-order valence-corrected chi connectivity index (χ1v) is 10.5. The Morgan fingerprint density at radius 2 is 1.73 bits per heavy atom. The van der Waals surface area contributed by atoms with Gasteiger partial charge in [0.2, 0.25) is 9.84 Å². The number of sulfone groups is 2. The zero-order valence-corrected chi connectivity index (χ0v) is 15.1. The van der Waals surface area contributed by atoms with Crippen LogP contribution in [-0.4, -0.2) is 34.3 Å². The Bertz CT molecular complexity index is 1090. The first-order valence-electron chi connectivity index (χ1n) is 7.10. The minimum atomic E-state index is -4.29. The number of benzene rings is 2. The summed E-state index contributed by atoms with van der Waals surface area (Å²) in [4.78, 5) is 10.6. The number of nitriles is 1. The van der Waals surface area contributed by atoms with Crippen molar-refractivity contribution in [1.29, 1.82) is 5.26 Å². The van der Waals surface area contributed by atoms with Crippen LogP contribution in [0.15, 0.2) is 58.3 Å². The predicted molar refractivity (Wildman–Crippen MR) is 91.8 cm³/mol. The highest BCUT2D eigenvalue weighted by Crippen LogP contribution is 2.31. The van der Waals surface area contributed by atoms with E-state index in [1.165, 1.54) is 30.3 Å². The molecule has 0 bridgehead atoms. The second kappa shape index (κ2) is 7.15. The number of hydrogen-bond acceptors (Lipinski definition) is 6. The highest BCUT2D eigenvalue weighted by molar-refractivity contribution is 7.92. The number of amides is 1. The van der Waals surface area contributed by atoms with E-state index < -0.39 is 36.0 Å². The number of carbonyl (C=O) groups is 1. The molecule has 0 aliphatic heterocycles. The first kappa shape index (κ1) is 19.4. The Hall–Kier alpha value is -2.90. The van der Waals surface area contributed by atoms with Crippen LogP contribution >= 0.6 is 0 Å². The Morgan fingerprint density at radius 3 is 2.23 bits per heavy atom. The average molecular weight is 394 g/mol. The van der Waals surface area contributed by atoms with Crippen LogP contribution in [0.25, 0.3) is 0 Å². The molecular weight excluding hydrogens is 380 g/mol. The van der Waals surface area contributed by atoms with E-state index in [0.29, 0.717) is 0 Å². The molecule has 0 aliphatic rings. The maximum Gasteiger partial charge on any atom is 0.405 e. The fourth-order valence-corrected chi connectivity index (χ4v) is 4.96. The third-order valence-corrected chi connectivity index (χ3v) is 6.54. The SMILES string of the molecule is CS(=O)(=O)c1cc(C#N)ccc1C(NC(=O)O)S(=O)(=O)c1ccccc1. The largest absolute Gasteiger partial charge is 0.465 e. The summed E-state index contributed by atoms with van der Waals surface area (Å²) in [7, 11) is -8.23. The van der Waals surface area contributed by atoms with Crippen LogP contribution in [0.2, 0.25) is 0 Å². The Labute approximate surface area is 150 Å². The van der Waals surface area contributed by atoms with Crippen molar-refractivity contribution in [3.05, 3.63) is 59.7 Å². The number of nitrogens with one attached hydrogen (secondary N) is 1.